The predicted molar refractivity (Wildman–Crippen MR) is 51.3 cm³/mol. The van der Waals surface area contributed by atoms with E-state index in [-0.39, 0.29) is 11.7 Å². The molecule has 0 radical (unpaired) electrons. The van der Waals surface area contributed by atoms with Crippen molar-refractivity contribution in [2.45, 2.75) is 32.1 Å². The molecule has 0 aliphatic heterocycles. The van der Waals surface area contributed by atoms with Crippen molar-refractivity contribution >= 4 is 15.6 Å². The third-order valence-corrected chi connectivity index (χ3v) is 3.53. The molecular weight excluding hydrogens is 188 g/mol. The van der Waals surface area contributed by atoms with Crippen LogP contribution in [0.25, 0.3) is 0 Å². The van der Waals surface area contributed by atoms with Gasteiger partial charge in [-0.15, -0.1) is 0 Å². The lowest BCUT2D eigenvalue weighted by atomic mass is 10.0. The SMILES string of the molecule is CS(=O)(=O)CCCC1CCCC1=O. The number of hydrogen-bond acceptors (Lipinski definition) is 3. The van der Waals surface area contributed by atoms with Crippen LogP contribution in [0.3, 0.4) is 0 Å². The summed E-state index contributed by atoms with van der Waals surface area (Å²) in [5.41, 5.74) is 0. The molecule has 0 aromatic rings. The largest absolute Gasteiger partial charge is 0.299 e. The van der Waals surface area contributed by atoms with Crippen molar-refractivity contribution in [3.63, 3.8) is 0 Å². The van der Waals surface area contributed by atoms with Gasteiger partial charge < -0.3 is 0 Å². The van der Waals surface area contributed by atoms with Gasteiger partial charge in [-0.3, -0.25) is 4.79 Å². The van der Waals surface area contributed by atoms with Gasteiger partial charge in [-0.05, 0) is 25.7 Å². The molecule has 0 bridgehead atoms. The minimum Gasteiger partial charge on any atom is -0.299 e. The number of hydrogen-bond donors (Lipinski definition) is 0. The molecule has 0 amide bonds. The molecule has 0 aromatic carbocycles. The lowest BCUT2D eigenvalue weighted by molar-refractivity contribution is -0.120. The molecule has 1 rings (SSSR count). The van der Waals surface area contributed by atoms with Gasteiger partial charge in [0.2, 0.25) is 0 Å². The normalized spacial score (nSPS) is 23.8. The van der Waals surface area contributed by atoms with Gasteiger partial charge in [0.25, 0.3) is 0 Å². The Bertz CT molecular complexity index is 279. The van der Waals surface area contributed by atoms with Crippen LogP contribution < -0.4 is 0 Å². The van der Waals surface area contributed by atoms with Gasteiger partial charge in [-0.1, -0.05) is 0 Å². The molecule has 0 aromatic heterocycles. The molecule has 1 saturated carbocycles. The van der Waals surface area contributed by atoms with Crippen molar-refractivity contribution in [3.8, 4) is 0 Å². The fourth-order valence-electron chi connectivity index (χ4n) is 1.79. The van der Waals surface area contributed by atoms with Crippen LogP contribution in [0.5, 0.6) is 0 Å². The Kier molecular flexibility index (Phi) is 3.47. The van der Waals surface area contributed by atoms with Crippen LogP contribution >= 0.6 is 0 Å². The molecule has 3 nitrogen and oxygen atoms in total. The zero-order valence-electron chi connectivity index (χ0n) is 7.95. The third kappa shape index (κ3) is 3.89. The van der Waals surface area contributed by atoms with E-state index in [2.05, 4.69) is 0 Å². The molecule has 1 aliphatic carbocycles. The number of carbonyl (C=O) groups excluding carboxylic acids is 1. The summed E-state index contributed by atoms with van der Waals surface area (Å²) in [7, 11) is -2.84. The van der Waals surface area contributed by atoms with E-state index in [0.717, 1.165) is 19.3 Å². The van der Waals surface area contributed by atoms with E-state index >= 15 is 0 Å². The van der Waals surface area contributed by atoms with Gasteiger partial charge in [0.1, 0.15) is 15.6 Å². The highest BCUT2D eigenvalue weighted by atomic mass is 32.2. The Morgan fingerprint density at radius 3 is 2.62 bits per heavy atom. The van der Waals surface area contributed by atoms with Crippen molar-refractivity contribution < 1.29 is 13.2 Å². The van der Waals surface area contributed by atoms with Crippen LogP contribution in [-0.4, -0.2) is 26.2 Å². The molecular formula is C9H16O3S. The van der Waals surface area contributed by atoms with E-state index in [1.54, 1.807) is 0 Å². The first kappa shape index (κ1) is 10.7. The number of ketones is 1. The van der Waals surface area contributed by atoms with E-state index in [9.17, 15) is 13.2 Å². The second-order valence-corrected chi connectivity index (χ2v) is 6.09. The second kappa shape index (κ2) is 4.22. The lowest BCUT2D eigenvalue weighted by Crippen LogP contribution is -2.09. The molecule has 1 fully saturated rings. The van der Waals surface area contributed by atoms with Crippen LogP contribution in [0.15, 0.2) is 0 Å². The van der Waals surface area contributed by atoms with Crippen LogP contribution in [0, 0.1) is 5.92 Å². The zero-order valence-corrected chi connectivity index (χ0v) is 8.77. The van der Waals surface area contributed by atoms with Gasteiger partial charge >= 0.3 is 0 Å². The van der Waals surface area contributed by atoms with Crippen LogP contribution in [0.2, 0.25) is 0 Å². The smallest absolute Gasteiger partial charge is 0.147 e. The highest BCUT2D eigenvalue weighted by Gasteiger charge is 2.23. The summed E-state index contributed by atoms with van der Waals surface area (Å²) in [6.07, 6.45) is 5.28. The molecule has 0 saturated heterocycles. The highest BCUT2D eigenvalue weighted by molar-refractivity contribution is 7.90. The molecule has 1 unspecified atom stereocenters. The maximum absolute atomic E-state index is 11.2. The molecule has 4 heteroatoms. The minimum absolute atomic E-state index is 0.154. The van der Waals surface area contributed by atoms with Crippen LogP contribution in [-0.2, 0) is 14.6 Å². The lowest BCUT2D eigenvalue weighted by Gasteiger charge is -2.05. The average molecular weight is 204 g/mol. The van der Waals surface area contributed by atoms with Crippen LogP contribution in [0.4, 0.5) is 0 Å². The summed E-state index contributed by atoms with van der Waals surface area (Å²) in [6, 6.07) is 0. The highest BCUT2D eigenvalue weighted by Crippen LogP contribution is 2.25. The Morgan fingerprint density at radius 1 is 1.46 bits per heavy atom. The van der Waals surface area contributed by atoms with Crippen molar-refractivity contribution in [2.75, 3.05) is 12.0 Å². The topological polar surface area (TPSA) is 51.2 Å². The Hall–Kier alpha value is -0.380. The average Bonchev–Trinajstić information content (AvgIpc) is 2.34. The van der Waals surface area contributed by atoms with E-state index in [0.29, 0.717) is 18.6 Å². The summed E-state index contributed by atoms with van der Waals surface area (Å²) in [4.78, 5) is 11.2. The fourth-order valence-corrected chi connectivity index (χ4v) is 2.48. The maximum atomic E-state index is 11.2. The summed E-state index contributed by atoms with van der Waals surface area (Å²) in [6.45, 7) is 0. The molecule has 1 atom stereocenters. The quantitative estimate of drug-likeness (QED) is 0.691. The number of Topliss-reactive ketones (excluding diaryl/α,β-unsaturated/α-hetero) is 1. The predicted octanol–water partition coefficient (Wildman–Crippen LogP) is 1.18. The van der Waals surface area contributed by atoms with Crippen LogP contribution in [0.1, 0.15) is 32.1 Å². The van der Waals surface area contributed by atoms with Crippen molar-refractivity contribution in [3.05, 3.63) is 0 Å². The van der Waals surface area contributed by atoms with E-state index in [1.807, 2.05) is 0 Å². The van der Waals surface area contributed by atoms with E-state index in [4.69, 9.17) is 0 Å². The fraction of sp³-hybridized carbons (Fsp3) is 0.889. The summed E-state index contributed by atoms with van der Waals surface area (Å²) >= 11 is 0. The first-order valence-electron chi connectivity index (χ1n) is 4.69. The summed E-state index contributed by atoms with van der Waals surface area (Å²) in [5.74, 6) is 0.701. The Labute approximate surface area is 79.4 Å². The van der Waals surface area contributed by atoms with Gasteiger partial charge in [-0.25, -0.2) is 8.42 Å². The van der Waals surface area contributed by atoms with E-state index in [1.165, 1.54) is 6.26 Å². The maximum Gasteiger partial charge on any atom is 0.147 e. The van der Waals surface area contributed by atoms with Gasteiger partial charge in [0.15, 0.2) is 0 Å². The Morgan fingerprint density at radius 2 is 2.15 bits per heavy atom. The minimum atomic E-state index is -2.84. The molecule has 1 aliphatic rings. The molecule has 0 N–H and O–H groups in total. The first-order valence-corrected chi connectivity index (χ1v) is 6.75. The second-order valence-electron chi connectivity index (χ2n) is 3.83. The number of carbonyl (C=O) groups is 1. The Balaban J connectivity index is 2.23. The number of rotatable bonds is 4. The monoisotopic (exact) mass is 204 g/mol. The molecule has 13 heavy (non-hydrogen) atoms. The first-order chi connectivity index (χ1) is 5.99. The number of sulfone groups is 1. The summed E-state index contributed by atoms with van der Waals surface area (Å²) < 4.78 is 21.6. The molecule has 76 valence electrons. The summed E-state index contributed by atoms with van der Waals surface area (Å²) in [5, 5.41) is 0. The zero-order chi connectivity index (χ0) is 9.90. The van der Waals surface area contributed by atoms with Gasteiger partial charge in [-0.2, -0.15) is 0 Å². The van der Waals surface area contributed by atoms with Crippen molar-refractivity contribution in [1.82, 2.24) is 0 Å². The third-order valence-electron chi connectivity index (χ3n) is 2.50. The molecule has 0 spiro atoms. The van der Waals surface area contributed by atoms with Crippen molar-refractivity contribution in [1.29, 1.82) is 0 Å². The van der Waals surface area contributed by atoms with Gasteiger partial charge in [0.05, 0.1) is 0 Å². The standard InChI is InChI=1S/C9H16O3S/c1-13(11,12)7-3-5-8-4-2-6-9(8)10/h8H,2-7H2,1H3. The molecule has 0 heterocycles. The van der Waals surface area contributed by atoms with E-state index < -0.39 is 9.84 Å². The van der Waals surface area contributed by atoms with Crippen molar-refractivity contribution in [2.24, 2.45) is 5.92 Å². The van der Waals surface area contributed by atoms with Gasteiger partial charge in [0, 0.05) is 24.3 Å².